The molecule has 1 atom stereocenters. The Bertz CT molecular complexity index is 1160. The second-order valence-corrected chi connectivity index (χ2v) is 6.94. The number of hydrogen-bond acceptors (Lipinski definition) is 7. The molecule has 0 spiro atoms. The quantitative estimate of drug-likeness (QED) is 0.254. The molecule has 32 heavy (non-hydrogen) atoms. The number of ketones is 1. The Morgan fingerprint density at radius 1 is 1.06 bits per heavy atom. The molecule has 164 valence electrons. The molecule has 0 heterocycles. The number of nitrogens with one attached hydrogen (secondary N) is 1. The first-order chi connectivity index (χ1) is 15.3. The highest BCUT2D eigenvalue weighted by atomic mass is 16.6. The van der Waals surface area contributed by atoms with Gasteiger partial charge in [-0.05, 0) is 54.1 Å². The number of anilines is 1. The summed E-state index contributed by atoms with van der Waals surface area (Å²) in [6, 6.07) is 16.1. The van der Waals surface area contributed by atoms with Crippen LogP contribution in [0.1, 0.15) is 38.7 Å². The zero-order valence-electron chi connectivity index (χ0n) is 17.0. The van der Waals surface area contributed by atoms with Crippen molar-refractivity contribution in [2.75, 3.05) is 12.4 Å². The van der Waals surface area contributed by atoms with E-state index in [9.17, 15) is 24.8 Å². The summed E-state index contributed by atoms with van der Waals surface area (Å²) in [6.45, 7) is 0. The molecule has 3 aromatic rings. The number of phenolic OH excluding ortho intramolecular Hbond substituents is 1. The summed E-state index contributed by atoms with van der Waals surface area (Å²) in [6.07, 6.45) is -0.0597. The van der Waals surface area contributed by atoms with E-state index in [2.05, 4.69) is 5.32 Å². The number of nitro benzene ring substituents is 1. The molecule has 0 aromatic heterocycles. The number of carbonyl (C=O) groups is 2. The number of rotatable bonds is 9. The number of carboxylic acid groups (broad SMARTS) is 1. The van der Waals surface area contributed by atoms with Gasteiger partial charge in [-0.15, -0.1) is 0 Å². The van der Waals surface area contributed by atoms with Gasteiger partial charge in [-0.1, -0.05) is 12.1 Å². The van der Waals surface area contributed by atoms with Crippen LogP contribution < -0.4 is 10.1 Å². The summed E-state index contributed by atoms with van der Waals surface area (Å²) >= 11 is 0. The van der Waals surface area contributed by atoms with Crippen molar-refractivity contribution in [1.29, 1.82) is 0 Å². The van der Waals surface area contributed by atoms with E-state index in [1.54, 1.807) is 36.4 Å². The molecule has 0 fully saturated rings. The van der Waals surface area contributed by atoms with Gasteiger partial charge < -0.3 is 20.3 Å². The molecule has 9 heteroatoms. The van der Waals surface area contributed by atoms with Crippen LogP contribution in [0, 0.1) is 10.1 Å². The average molecular weight is 436 g/mol. The summed E-state index contributed by atoms with van der Waals surface area (Å²) in [7, 11) is 1.52. The summed E-state index contributed by atoms with van der Waals surface area (Å²) < 4.78 is 5.26. The van der Waals surface area contributed by atoms with E-state index in [1.165, 1.54) is 25.3 Å². The van der Waals surface area contributed by atoms with Crippen LogP contribution in [-0.2, 0) is 0 Å². The second kappa shape index (κ2) is 9.61. The van der Waals surface area contributed by atoms with E-state index in [1.807, 2.05) is 0 Å². The first-order valence-electron chi connectivity index (χ1n) is 9.53. The first kappa shape index (κ1) is 22.3. The van der Waals surface area contributed by atoms with Gasteiger partial charge in [0.15, 0.2) is 11.5 Å². The number of nitrogens with zero attached hydrogens (tertiary/aromatic N) is 1. The molecule has 0 saturated carbocycles. The average Bonchev–Trinajstić information content (AvgIpc) is 2.79. The third-order valence-electron chi connectivity index (χ3n) is 4.85. The normalized spacial score (nSPS) is 11.4. The van der Waals surface area contributed by atoms with Crippen LogP contribution in [0.15, 0.2) is 66.7 Å². The maximum absolute atomic E-state index is 12.9. The summed E-state index contributed by atoms with van der Waals surface area (Å²) in [5, 5.41) is 33.0. The lowest BCUT2D eigenvalue weighted by molar-refractivity contribution is -0.385. The fourth-order valence-corrected chi connectivity index (χ4v) is 3.17. The number of phenols is 1. The molecule has 3 rings (SSSR count). The Morgan fingerprint density at radius 2 is 1.75 bits per heavy atom. The minimum Gasteiger partial charge on any atom is -0.502 e. The van der Waals surface area contributed by atoms with Gasteiger partial charge in [0, 0.05) is 23.7 Å². The predicted octanol–water partition coefficient (Wildman–Crippen LogP) is 4.43. The monoisotopic (exact) mass is 436 g/mol. The van der Waals surface area contributed by atoms with Crippen molar-refractivity contribution in [2.24, 2.45) is 0 Å². The number of benzene rings is 3. The molecule has 0 amide bonds. The molecule has 0 saturated heterocycles. The van der Waals surface area contributed by atoms with Crippen LogP contribution in [-0.4, -0.2) is 34.0 Å². The summed E-state index contributed by atoms with van der Waals surface area (Å²) in [5.41, 5.74) is 0.984. The van der Waals surface area contributed by atoms with Gasteiger partial charge in [-0.3, -0.25) is 14.9 Å². The molecule has 0 aliphatic heterocycles. The summed E-state index contributed by atoms with van der Waals surface area (Å²) in [4.78, 5) is 34.4. The maximum atomic E-state index is 12.9. The third-order valence-corrected chi connectivity index (χ3v) is 4.85. The van der Waals surface area contributed by atoms with E-state index in [0.717, 1.165) is 17.7 Å². The first-order valence-corrected chi connectivity index (χ1v) is 9.53. The maximum Gasteiger partial charge on any atom is 0.335 e. The van der Waals surface area contributed by atoms with E-state index in [-0.39, 0.29) is 23.3 Å². The summed E-state index contributed by atoms with van der Waals surface area (Å²) in [5.74, 6) is -1.36. The third kappa shape index (κ3) is 5.20. The van der Waals surface area contributed by atoms with Gasteiger partial charge >= 0.3 is 11.7 Å². The van der Waals surface area contributed by atoms with Crippen molar-refractivity contribution in [3.8, 4) is 11.5 Å². The van der Waals surface area contributed by atoms with Crippen LogP contribution >= 0.6 is 0 Å². The van der Waals surface area contributed by atoms with Crippen LogP contribution in [0.25, 0.3) is 0 Å². The fourth-order valence-electron chi connectivity index (χ4n) is 3.17. The van der Waals surface area contributed by atoms with E-state index < -0.39 is 28.4 Å². The lowest BCUT2D eigenvalue weighted by Gasteiger charge is -2.21. The Hall–Kier alpha value is -4.40. The number of carbonyl (C=O) groups excluding carboxylic acids is 1. The van der Waals surface area contributed by atoms with Crippen molar-refractivity contribution in [3.05, 3.63) is 93.5 Å². The molecule has 3 aromatic carbocycles. The lowest BCUT2D eigenvalue weighted by atomic mass is 9.97. The van der Waals surface area contributed by atoms with Crippen molar-refractivity contribution in [1.82, 2.24) is 0 Å². The Kier molecular flexibility index (Phi) is 6.69. The number of ether oxygens (including phenoxy) is 1. The largest absolute Gasteiger partial charge is 0.502 e. The van der Waals surface area contributed by atoms with Crippen LogP contribution in [0.4, 0.5) is 11.4 Å². The number of nitro groups is 1. The molecule has 1 unspecified atom stereocenters. The molecule has 9 nitrogen and oxygen atoms in total. The van der Waals surface area contributed by atoms with Gasteiger partial charge in [0.2, 0.25) is 0 Å². The Labute approximate surface area is 183 Å². The minimum absolute atomic E-state index is 0.0597. The number of aromatic hydroxyl groups is 1. The van der Waals surface area contributed by atoms with E-state index in [0.29, 0.717) is 11.4 Å². The van der Waals surface area contributed by atoms with E-state index in [4.69, 9.17) is 9.84 Å². The number of Topliss-reactive ketones (excluding diaryl/α,β-unsaturated/α-hetero) is 1. The smallest absolute Gasteiger partial charge is 0.335 e. The van der Waals surface area contributed by atoms with Crippen LogP contribution in [0.2, 0.25) is 0 Å². The molecule has 0 radical (unpaired) electrons. The molecule has 0 aliphatic carbocycles. The van der Waals surface area contributed by atoms with E-state index >= 15 is 0 Å². The molecule has 0 aliphatic rings. The SMILES string of the molecule is COc1cccc(C(CC(=O)c2ccc(O)c([N+](=O)[O-])c2)Nc2ccc(C(=O)O)cc2)c1. The van der Waals surface area contributed by atoms with Gasteiger partial charge in [0.25, 0.3) is 0 Å². The van der Waals surface area contributed by atoms with Gasteiger partial charge in [0.05, 0.1) is 23.6 Å². The molecule has 0 bridgehead atoms. The highest BCUT2D eigenvalue weighted by Crippen LogP contribution is 2.30. The second-order valence-electron chi connectivity index (χ2n) is 6.94. The number of hydrogen-bond donors (Lipinski definition) is 3. The lowest BCUT2D eigenvalue weighted by Crippen LogP contribution is -2.16. The van der Waals surface area contributed by atoms with Gasteiger partial charge in [0.1, 0.15) is 5.75 Å². The molecule has 3 N–H and O–H groups in total. The van der Waals surface area contributed by atoms with Crippen molar-refractivity contribution in [3.63, 3.8) is 0 Å². The van der Waals surface area contributed by atoms with Crippen molar-refractivity contribution in [2.45, 2.75) is 12.5 Å². The van der Waals surface area contributed by atoms with Gasteiger partial charge in [-0.2, -0.15) is 0 Å². The van der Waals surface area contributed by atoms with Crippen LogP contribution in [0.5, 0.6) is 11.5 Å². The number of carboxylic acids is 1. The van der Waals surface area contributed by atoms with Gasteiger partial charge in [-0.25, -0.2) is 4.79 Å². The Morgan fingerprint density at radius 3 is 2.38 bits per heavy atom. The van der Waals surface area contributed by atoms with Crippen LogP contribution in [0.3, 0.4) is 0 Å². The Balaban J connectivity index is 1.91. The highest BCUT2D eigenvalue weighted by Gasteiger charge is 2.21. The fraction of sp³-hybridized carbons (Fsp3) is 0.130. The zero-order chi connectivity index (χ0) is 23.3. The number of methoxy groups -OCH3 is 1. The highest BCUT2D eigenvalue weighted by molar-refractivity contribution is 5.97. The standard InChI is InChI=1S/C23H20N2O7/c1-32-18-4-2-3-15(11-18)19(24-17-8-5-14(6-9-17)23(28)29)13-22(27)16-7-10-21(26)20(12-16)25(30)31/h2-12,19,24,26H,13H2,1H3,(H,28,29). The molecular formula is C23H20N2O7. The minimum atomic E-state index is -1.05. The topological polar surface area (TPSA) is 139 Å². The van der Waals surface area contributed by atoms with Crippen molar-refractivity contribution < 1.29 is 29.5 Å². The number of aromatic carboxylic acids is 1. The zero-order valence-corrected chi connectivity index (χ0v) is 17.0. The van der Waals surface area contributed by atoms with Crippen molar-refractivity contribution >= 4 is 23.1 Å². The molecular weight excluding hydrogens is 416 g/mol. The predicted molar refractivity (Wildman–Crippen MR) is 116 cm³/mol.